The Morgan fingerprint density at radius 2 is 2.04 bits per heavy atom. The third-order valence-electron chi connectivity index (χ3n) is 5.24. The smallest absolute Gasteiger partial charge is 0.270 e. The standard InChI is InChI=1S/C19H19BrF2N4OS/c1-18(14-8-12(20)13(9-23)28-14)15(16(27)26(3)17(24)25-18)10-4-6-11(7-5-10)19(2,21)22/h4-7,14-15H,8H2,1-3H3,(H2,24,25)/t14?,15-,18+/m0/s1. The molecule has 0 spiro atoms. The minimum Gasteiger partial charge on any atom is -0.369 e. The summed E-state index contributed by atoms with van der Waals surface area (Å²) < 4.78 is 27.9. The second-order valence-corrected chi connectivity index (χ2v) is 9.36. The average molecular weight is 469 g/mol. The molecule has 0 radical (unpaired) electrons. The average Bonchev–Trinajstić information content (AvgIpc) is 3.01. The second kappa shape index (κ2) is 7.16. The highest BCUT2D eigenvalue weighted by Crippen LogP contribution is 2.51. The van der Waals surface area contributed by atoms with E-state index in [0.29, 0.717) is 16.9 Å². The molecule has 9 heteroatoms. The molecule has 0 aliphatic carbocycles. The summed E-state index contributed by atoms with van der Waals surface area (Å²) in [5, 5.41) is 9.10. The Hall–Kier alpha value is -1.92. The van der Waals surface area contributed by atoms with Crippen molar-refractivity contribution < 1.29 is 13.6 Å². The minimum absolute atomic E-state index is 0.0996. The first-order chi connectivity index (χ1) is 13.0. The predicted octanol–water partition coefficient (Wildman–Crippen LogP) is 4.06. The van der Waals surface area contributed by atoms with Gasteiger partial charge in [0.25, 0.3) is 5.92 Å². The van der Waals surface area contributed by atoms with Crippen LogP contribution < -0.4 is 5.73 Å². The number of nitrogens with two attached hydrogens (primary N) is 1. The molecule has 5 nitrogen and oxygen atoms in total. The maximum absolute atomic E-state index is 13.6. The Kier molecular flexibility index (Phi) is 5.32. The molecule has 1 aromatic rings. The number of hydrogen-bond acceptors (Lipinski definition) is 5. The van der Waals surface area contributed by atoms with Gasteiger partial charge >= 0.3 is 0 Å². The van der Waals surface area contributed by atoms with Crippen molar-refractivity contribution in [2.45, 2.75) is 42.9 Å². The van der Waals surface area contributed by atoms with Crippen molar-refractivity contribution in [1.29, 1.82) is 5.26 Å². The van der Waals surface area contributed by atoms with Gasteiger partial charge in [-0.1, -0.05) is 40.2 Å². The Bertz CT molecular complexity index is 919. The van der Waals surface area contributed by atoms with Crippen LogP contribution in [-0.4, -0.2) is 34.6 Å². The van der Waals surface area contributed by atoms with Gasteiger partial charge in [0.05, 0.1) is 16.4 Å². The topological polar surface area (TPSA) is 82.5 Å². The molecule has 0 fully saturated rings. The fourth-order valence-electron chi connectivity index (χ4n) is 3.57. The first-order valence-electron chi connectivity index (χ1n) is 8.55. The lowest BCUT2D eigenvalue weighted by Gasteiger charge is -2.43. The minimum atomic E-state index is -2.96. The van der Waals surface area contributed by atoms with E-state index in [1.54, 1.807) is 19.2 Å². The molecule has 28 heavy (non-hydrogen) atoms. The van der Waals surface area contributed by atoms with Crippen molar-refractivity contribution in [1.82, 2.24) is 4.90 Å². The van der Waals surface area contributed by atoms with E-state index < -0.39 is 17.4 Å². The maximum atomic E-state index is 13.6. The molecule has 3 rings (SSSR count). The fraction of sp³-hybridized carbons (Fsp3) is 0.421. The Morgan fingerprint density at radius 1 is 1.43 bits per heavy atom. The molecule has 3 atom stereocenters. The molecule has 1 unspecified atom stereocenters. The van der Waals surface area contributed by atoms with E-state index >= 15 is 0 Å². The summed E-state index contributed by atoms with van der Waals surface area (Å²) in [5.41, 5.74) is 5.52. The molecule has 2 aliphatic heterocycles. The Labute approximate surface area is 174 Å². The summed E-state index contributed by atoms with van der Waals surface area (Å²) in [6.45, 7) is 2.66. The quantitative estimate of drug-likeness (QED) is 0.724. The Balaban J connectivity index is 2.06. The number of carbonyl (C=O) groups excluding carboxylic acids is 1. The number of rotatable bonds is 3. The number of amides is 1. The van der Waals surface area contributed by atoms with Gasteiger partial charge in [-0.15, -0.1) is 11.8 Å². The van der Waals surface area contributed by atoms with Crippen LogP contribution in [0.25, 0.3) is 0 Å². The van der Waals surface area contributed by atoms with Gasteiger partial charge in [0, 0.05) is 29.3 Å². The first-order valence-corrected chi connectivity index (χ1v) is 10.2. The second-order valence-electron chi connectivity index (χ2n) is 7.19. The number of nitriles is 1. The molecule has 0 saturated carbocycles. The number of hydrogen-bond donors (Lipinski definition) is 1. The van der Waals surface area contributed by atoms with Gasteiger partial charge in [0.1, 0.15) is 6.07 Å². The highest BCUT2D eigenvalue weighted by molar-refractivity contribution is 9.11. The van der Waals surface area contributed by atoms with Crippen LogP contribution in [0, 0.1) is 11.3 Å². The number of halogens is 3. The highest BCUT2D eigenvalue weighted by Gasteiger charge is 2.52. The summed E-state index contributed by atoms with van der Waals surface area (Å²) in [7, 11) is 1.54. The van der Waals surface area contributed by atoms with Crippen molar-refractivity contribution in [3.8, 4) is 6.07 Å². The van der Waals surface area contributed by atoms with Gasteiger partial charge in [-0.05, 0) is 18.9 Å². The fourth-order valence-corrected chi connectivity index (χ4v) is 5.70. The molecule has 148 valence electrons. The molecular weight excluding hydrogens is 450 g/mol. The van der Waals surface area contributed by atoms with Crippen molar-refractivity contribution in [2.75, 3.05) is 7.05 Å². The van der Waals surface area contributed by atoms with E-state index in [9.17, 15) is 18.8 Å². The van der Waals surface area contributed by atoms with Crippen molar-refractivity contribution >= 4 is 39.6 Å². The molecule has 1 amide bonds. The molecule has 0 bridgehead atoms. The third-order valence-corrected chi connectivity index (χ3v) is 7.72. The number of likely N-dealkylation sites (N-methyl/N-ethyl adjacent to an activating group) is 1. The lowest BCUT2D eigenvalue weighted by Crippen LogP contribution is -2.57. The molecule has 1 aromatic carbocycles. The summed E-state index contributed by atoms with van der Waals surface area (Å²) in [6.07, 6.45) is 0.527. The highest BCUT2D eigenvalue weighted by atomic mass is 79.9. The SMILES string of the molecule is CN1C(=O)[C@H](c2ccc(C(C)(F)F)cc2)[C@@](C)(C2CC(Br)=C(C#N)S2)N=C1N. The van der Waals surface area contributed by atoms with Gasteiger partial charge in [0.2, 0.25) is 5.91 Å². The lowest BCUT2D eigenvalue weighted by atomic mass is 9.75. The zero-order valence-electron chi connectivity index (χ0n) is 15.5. The van der Waals surface area contributed by atoms with Crippen LogP contribution in [0.1, 0.15) is 37.3 Å². The molecular formula is C19H19BrF2N4OS. The van der Waals surface area contributed by atoms with Gasteiger partial charge in [-0.3, -0.25) is 9.69 Å². The lowest BCUT2D eigenvalue weighted by molar-refractivity contribution is -0.130. The first kappa shape index (κ1) is 20.8. The largest absolute Gasteiger partial charge is 0.369 e. The van der Waals surface area contributed by atoms with Crippen LogP contribution in [0.2, 0.25) is 0 Å². The van der Waals surface area contributed by atoms with Crippen LogP contribution >= 0.6 is 27.7 Å². The van der Waals surface area contributed by atoms with E-state index in [1.807, 2.05) is 6.92 Å². The number of benzene rings is 1. The third kappa shape index (κ3) is 3.44. The number of guanidine groups is 1. The Morgan fingerprint density at radius 3 is 2.54 bits per heavy atom. The molecule has 0 saturated heterocycles. The summed E-state index contributed by atoms with van der Waals surface area (Å²) >= 11 is 4.78. The van der Waals surface area contributed by atoms with Crippen molar-refractivity contribution in [3.05, 3.63) is 44.8 Å². The number of alkyl halides is 2. The zero-order chi connectivity index (χ0) is 20.9. The van der Waals surface area contributed by atoms with Crippen molar-refractivity contribution in [2.24, 2.45) is 10.7 Å². The van der Waals surface area contributed by atoms with Crippen LogP contribution in [0.4, 0.5) is 8.78 Å². The van der Waals surface area contributed by atoms with Gasteiger partial charge in [-0.25, -0.2) is 13.8 Å². The van der Waals surface area contributed by atoms with Crippen molar-refractivity contribution in [3.63, 3.8) is 0 Å². The number of nitrogens with zero attached hydrogens (tertiary/aromatic N) is 3. The normalized spacial score (nSPS) is 28.4. The number of thioether (sulfide) groups is 1. The van der Waals surface area contributed by atoms with Crippen LogP contribution in [0.5, 0.6) is 0 Å². The molecule has 2 N–H and O–H groups in total. The number of allylic oxidation sites excluding steroid dienone is 2. The van der Waals surface area contributed by atoms with Gasteiger partial charge in [-0.2, -0.15) is 5.26 Å². The predicted molar refractivity (Wildman–Crippen MR) is 109 cm³/mol. The molecule has 2 heterocycles. The van der Waals surface area contributed by atoms with E-state index in [2.05, 4.69) is 27.0 Å². The number of aliphatic imine (C=N–C) groups is 1. The van der Waals surface area contributed by atoms with E-state index in [0.717, 1.165) is 11.4 Å². The van der Waals surface area contributed by atoms with E-state index in [1.165, 1.54) is 28.8 Å². The summed E-state index contributed by atoms with van der Waals surface area (Å²) in [6, 6.07) is 7.91. The molecule has 0 aromatic heterocycles. The molecule has 2 aliphatic rings. The van der Waals surface area contributed by atoms with Crippen LogP contribution in [0.15, 0.2) is 38.6 Å². The van der Waals surface area contributed by atoms with E-state index in [-0.39, 0.29) is 22.7 Å². The summed E-state index contributed by atoms with van der Waals surface area (Å²) in [5.74, 6) is -3.83. The van der Waals surface area contributed by atoms with E-state index in [4.69, 9.17) is 5.73 Å². The van der Waals surface area contributed by atoms with Gasteiger partial charge < -0.3 is 5.73 Å². The summed E-state index contributed by atoms with van der Waals surface area (Å²) in [4.78, 5) is 19.6. The van der Waals surface area contributed by atoms with Crippen LogP contribution in [0.3, 0.4) is 0 Å². The number of carbonyl (C=O) groups is 1. The zero-order valence-corrected chi connectivity index (χ0v) is 17.9. The maximum Gasteiger partial charge on any atom is 0.270 e. The monoisotopic (exact) mass is 468 g/mol. The van der Waals surface area contributed by atoms with Gasteiger partial charge in [0.15, 0.2) is 5.96 Å². The van der Waals surface area contributed by atoms with Crippen LogP contribution in [-0.2, 0) is 10.7 Å².